The molecule has 108 valence electrons. The molecular weight excluding hydrogens is 254 g/mol. The molecule has 0 saturated heterocycles. The Morgan fingerprint density at radius 1 is 1.30 bits per heavy atom. The number of carbonyl (C=O) groups is 1. The van der Waals surface area contributed by atoms with Gasteiger partial charge in [-0.25, -0.2) is 9.97 Å². The molecule has 6 heteroatoms. The number of aromatic nitrogens is 2. The summed E-state index contributed by atoms with van der Waals surface area (Å²) < 4.78 is 0. The van der Waals surface area contributed by atoms with E-state index in [2.05, 4.69) is 20.6 Å². The van der Waals surface area contributed by atoms with Crippen molar-refractivity contribution in [2.45, 2.75) is 25.3 Å². The molecule has 0 unspecified atom stereocenters. The average molecular weight is 275 g/mol. The van der Waals surface area contributed by atoms with Gasteiger partial charge in [-0.05, 0) is 24.8 Å². The van der Waals surface area contributed by atoms with Crippen LogP contribution in [-0.4, -0.2) is 35.0 Å². The molecule has 0 radical (unpaired) electrons. The van der Waals surface area contributed by atoms with Crippen molar-refractivity contribution >= 4 is 11.9 Å². The van der Waals surface area contributed by atoms with Gasteiger partial charge in [0, 0.05) is 37.9 Å². The molecule has 0 aromatic carbocycles. The van der Waals surface area contributed by atoms with Gasteiger partial charge in [0.1, 0.15) is 0 Å². The first kappa shape index (κ1) is 14.5. The predicted molar refractivity (Wildman–Crippen MR) is 78.0 cm³/mol. The highest BCUT2D eigenvalue weighted by Gasteiger charge is 2.18. The van der Waals surface area contributed by atoms with E-state index in [1.54, 1.807) is 18.5 Å². The molecule has 6 nitrogen and oxygen atoms in total. The van der Waals surface area contributed by atoms with E-state index in [0.29, 0.717) is 24.8 Å². The zero-order valence-corrected chi connectivity index (χ0v) is 11.5. The quantitative estimate of drug-likeness (QED) is 0.503. The molecule has 1 aliphatic rings. The number of nitrogens with one attached hydrogen (secondary N) is 2. The van der Waals surface area contributed by atoms with Crippen molar-refractivity contribution in [1.29, 1.82) is 0 Å². The number of rotatable bonds is 7. The van der Waals surface area contributed by atoms with Gasteiger partial charge in [0.15, 0.2) is 0 Å². The van der Waals surface area contributed by atoms with Crippen LogP contribution in [0.5, 0.6) is 0 Å². The topological polar surface area (TPSA) is 92.9 Å². The minimum absolute atomic E-state index is 0.0877. The van der Waals surface area contributed by atoms with Crippen molar-refractivity contribution in [2.24, 2.45) is 11.7 Å². The number of carbonyl (C=O) groups excluding carboxylic acids is 1. The molecule has 2 rings (SSSR count). The van der Waals surface area contributed by atoms with Crippen LogP contribution in [0.3, 0.4) is 0 Å². The fourth-order valence-electron chi connectivity index (χ4n) is 2.18. The molecule has 2 atom stereocenters. The van der Waals surface area contributed by atoms with Crippen molar-refractivity contribution in [3.63, 3.8) is 0 Å². The maximum Gasteiger partial charge on any atom is 0.222 e. The molecule has 1 aromatic heterocycles. The highest BCUT2D eigenvalue weighted by atomic mass is 16.1. The number of hydrogen-bond acceptors (Lipinski definition) is 5. The minimum Gasteiger partial charge on any atom is -0.356 e. The Bertz CT molecular complexity index is 448. The number of nitrogens with zero attached hydrogens (tertiary/aromatic N) is 2. The van der Waals surface area contributed by atoms with E-state index in [4.69, 9.17) is 5.73 Å². The third kappa shape index (κ3) is 4.97. The van der Waals surface area contributed by atoms with Crippen molar-refractivity contribution < 1.29 is 4.79 Å². The molecule has 0 saturated carbocycles. The van der Waals surface area contributed by atoms with E-state index >= 15 is 0 Å². The summed E-state index contributed by atoms with van der Waals surface area (Å²) in [6.07, 6.45) is 9.64. The number of allylic oxidation sites excluding steroid dienone is 1. The summed E-state index contributed by atoms with van der Waals surface area (Å²) in [6, 6.07) is 1.89. The Morgan fingerprint density at radius 2 is 2.10 bits per heavy atom. The summed E-state index contributed by atoms with van der Waals surface area (Å²) in [5.74, 6) is 0.995. The third-order valence-electron chi connectivity index (χ3n) is 3.18. The van der Waals surface area contributed by atoms with Crippen molar-refractivity contribution in [3.8, 4) is 0 Å². The van der Waals surface area contributed by atoms with E-state index in [0.717, 1.165) is 19.4 Å². The van der Waals surface area contributed by atoms with Gasteiger partial charge in [0.05, 0.1) is 0 Å². The molecule has 0 spiro atoms. The maximum absolute atomic E-state index is 11.7. The van der Waals surface area contributed by atoms with Gasteiger partial charge >= 0.3 is 0 Å². The van der Waals surface area contributed by atoms with Gasteiger partial charge in [-0.3, -0.25) is 4.79 Å². The summed E-state index contributed by atoms with van der Waals surface area (Å²) in [5, 5.41) is 6.01. The molecule has 20 heavy (non-hydrogen) atoms. The summed E-state index contributed by atoms with van der Waals surface area (Å²) in [5.41, 5.74) is 5.76. The van der Waals surface area contributed by atoms with Gasteiger partial charge < -0.3 is 16.4 Å². The highest BCUT2D eigenvalue weighted by molar-refractivity contribution is 5.76. The second kappa shape index (κ2) is 7.59. The molecule has 1 aromatic rings. The first-order chi connectivity index (χ1) is 9.74. The highest BCUT2D eigenvalue weighted by Crippen LogP contribution is 2.19. The van der Waals surface area contributed by atoms with Crippen LogP contribution < -0.4 is 16.4 Å². The number of anilines is 1. The fourth-order valence-corrected chi connectivity index (χ4v) is 2.18. The molecule has 1 aliphatic carbocycles. The largest absolute Gasteiger partial charge is 0.356 e. The monoisotopic (exact) mass is 275 g/mol. The zero-order valence-electron chi connectivity index (χ0n) is 11.5. The van der Waals surface area contributed by atoms with Crippen LogP contribution in [0, 0.1) is 5.92 Å². The van der Waals surface area contributed by atoms with Gasteiger partial charge in [0.2, 0.25) is 11.9 Å². The van der Waals surface area contributed by atoms with E-state index in [1.165, 1.54) is 0 Å². The SMILES string of the molecule is N[C@H]1C=C[C@@H](CC(=O)NCCCNc2ncccn2)C1. The van der Waals surface area contributed by atoms with E-state index in [9.17, 15) is 4.79 Å². The predicted octanol–water partition coefficient (Wildman–Crippen LogP) is 0.688. The molecule has 0 bridgehead atoms. The van der Waals surface area contributed by atoms with Gasteiger partial charge in [0.25, 0.3) is 0 Å². The van der Waals surface area contributed by atoms with Crippen LogP contribution in [0.1, 0.15) is 19.3 Å². The number of hydrogen-bond donors (Lipinski definition) is 3. The van der Waals surface area contributed by atoms with Gasteiger partial charge in [-0.15, -0.1) is 0 Å². The van der Waals surface area contributed by atoms with E-state index < -0.39 is 0 Å². The Kier molecular flexibility index (Phi) is 5.49. The molecule has 1 amide bonds. The fraction of sp³-hybridized carbons (Fsp3) is 0.500. The zero-order chi connectivity index (χ0) is 14.2. The molecule has 0 aliphatic heterocycles. The standard InChI is InChI=1S/C14H21N5O/c15-12-4-3-11(9-12)10-13(20)16-5-1-6-17-14-18-7-2-8-19-14/h2-4,7-8,11-12H,1,5-6,9-10,15H2,(H,16,20)(H,17,18,19)/t11-,12+/m1/s1. The van der Waals surface area contributed by atoms with Crippen molar-refractivity contribution in [1.82, 2.24) is 15.3 Å². The Labute approximate surface area is 118 Å². The minimum atomic E-state index is 0.0877. The lowest BCUT2D eigenvalue weighted by atomic mass is 10.0. The second-order valence-corrected chi connectivity index (χ2v) is 4.95. The molecule has 4 N–H and O–H groups in total. The smallest absolute Gasteiger partial charge is 0.222 e. The van der Waals surface area contributed by atoms with Crippen LogP contribution in [0.25, 0.3) is 0 Å². The Morgan fingerprint density at radius 3 is 2.80 bits per heavy atom. The summed E-state index contributed by atoms with van der Waals surface area (Å²) in [4.78, 5) is 19.8. The Balaban J connectivity index is 1.52. The summed E-state index contributed by atoms with van der Waals surface area (Å²) >= 11 is 0. The number of amides is 1. The molecule has 0 fully saturated rings. The third-order valence-corrected chi connectivity index (χ3v) is 3.18. The van der Waals surface area contributed by atoms with E-state index in [1.807, 2.05) is 12.2 Å². The Hall–Kier alpha value is -1.95. The van der Waals surface area contributed by atoms with Crippen LogP contribution in [0.2, 0.25) is 0 Å². The molecular formula is C14H21N5O. The lowest BCUT2D eigenvalue weighted by Gasteiger charge is -2.10. The van der Waals surface area contributed by atoms with Gasteiger partial charge in [-0.2, -0.15) is 0 Å². The van der Waals surface area contributed by atoms with Crippen molar-refractivity contribution in [2.75, 3.05) is 18.4 Å². The number of nitrogens with two attached hydrogens (primary N) is 1. The van der Waals surface area contributed by atoms with Crippen LogP contribution in [-0.2, 0) is 4.79 Å². The lowest BCUT2D eigenvalue weighted by molar-refractivity contribution is -0.121. The molecule has 1 heterocycles. The summed E-state index contributed by atoms with van der Waals surface area (Å²) in [6.45, 7) is 1.39. The normalized spacial score (nSPS) is 20.9. The first-order valence-corrected chi connectivity index (χ1v) is 6.95. The van der Waals surface area contributed by atoms with Gasteiger partial charge in [-0.1, -0.05) is 12.2 Å². The maximum atomic E-state index is 11.7. The lowest BCUT2D eigenvalue weighted by Crippen LogP contribution is -2.27. The van der Waals surface area contributed by atoms with Crippen LogP contribution in [0.15, 0.2) is 30.6 Å². The first-order valence-electron chi connectivity index (χ1n) is 6.95. The second-order valence-electron chi connectivity index (χ2n) is 4.95. The van der Waals surface area contributed by atoms with Crippen LogP contribution >= 0.6 is 0 Å². The average Bonchev–Trinajstić information content (AvgIpc) is 2.85. The van der Waals surface area contributed by atoms with Crippen LogP contribution in [0.4, 0.5) is 5.95 Å². The van der Waals surface area contributed by atoms with E-state index in [-0.39, 0.29) is 11.9 Å². The van der Waals surface area contributed by atoms with Crippen molar-refractivity contribution in [3.05, 3.63) is 30.6 Å². The summed E-state index contributed by atoms with van der Waals surface area (Å²) in [7, 11) is 0.